The molecule has 2 rings (SSSR count). The molecule has 0 saturated carbocycles. The summed E-state index contributed by atoms with van der Waals surface area (Å²) in [6, 6.07) is 13.7. The van der Waals surface area contributed by atoms with E-state index in [2.05, 4.69) is 12.2 Å². The molecule has 2 aromatic rings. The first-order chi connectivity index (χ1) is 9.24. The van der Waals surface area contributed by atoms with Gasteiger partial charge in [-0.1, -0.05) is 18.2 Å². The van der Waals surface area contributed by atoms with Crippen LogP contribution in [0, 0.1) is 6.92 Å². The van der Waals surface area contributed by atoms with Crippen molar-refractivity contribution in [1.29, 1.82) is 0 Å². The van der Waals surface area contributed by atoms with Crippen LogP contribution in [0.2, 0.25) is 0 Å². The average molecular weight is 256 g/mol. The zero-order valence-corrected chi connectivity index (χ0v) is 11.3. The lowest BCUT2D eigenvalue weighted by atomic mass is 10.1. The van der Waals surface area contributed by atoms with Crippen molar-refractivity contribution >= 4 is 5.69 Å². The molecule has 0 aliphatic heterocycles. The van der Waals surface area contributed by atoms with E-state index in [0.717, 1.165) is 28.3 Å². The topological polar surface area (TPSA) is 30.5 Å². The summed E-state index contributed by atoms with van der Waals surface area (Å²) in [6.07, 6.45) is 0. The Morgan fingerprint density at radius 3 is 2.53 bits per heavy atom. The molecule has 1 N–H and O–H groups in total. The Morgan fingerprint density at radius 2 is 1.84 bits per heavy atom. The smallest absolute Gasteiger partial charge is 0.124 e. The minimum Gasteiger partial charge on any atom is -0.497 e. The zero-order chi connectivity index (χ0) is 13.7. The lowest BCUT2D eigenvalue weighted by Crippen LogP contribution is -2.03. The molecule has 0 amide bonds. The van der Waals surface area contributed by atoms with Crippen molar-refractivity contribution in [3.05, 3.63) is 60.5 Å². The maximum atomic E-state index is 5.35. The Morgan fingerprint density at radius 1 is 1.05 bits per heavy atom. The van der Waals surface area contributed by atoms with E-state index in [0.29, 0.717) is 6.54 Å². The van der Waals surface area contributed by atoms with Crippen LogP contribution in [0.1, 0.15) is 11.1 Å². The summed E-state index contributed by atoms with van der Waals surface area (Å²) >= 11 is 0. The molecule has 0 bridgehead atoms. The van der Waals surface area contributed by atoms with Gasteiger partial charge in [-0.15, -0.1) is 0 Å². The van der Waals surface area contributed by atoms with Crippen LogP contribution >= 0.6 is 0 Å². The van der Waals surface area contributed by atoms with Gasteiger partial charge in [0.05, 0.1) is 14.2 Å². The first kappa shape index (κ1) is 13.3. The van der Waals surface area contributed by atoms with E-state index in [4.69, 9.17) is 9.47 Å². The predicted molar refractivity (Wildman–Crippen MR) is 77.8 cm³/mol. The third kappa shape index (κ3) is 3.19. The molecule has 19 heavy (non-hydrogen) atoms. The molecule has 0 atom stereocenters. The second-order valence-electron chi connectivity index (χ2n) is 4.19. The fraction of sp³-hybridized carbons (Fsp3) is 0.188. The molecule has 0 aliphatic rings. The van der Waals surface area contributed by atoms with Crippen LogP contribution in [0.25, 0.3) is 0 Å². The van der Waals surface area contributed by atoms with E-state index in [1.165, 1.54) is 0 Å². The number of hydrogen-bond acceptors (Lipinski definition) is 3. The number of methoxy groups -OCH3 is 2. The quantitative estimate of drug-likeness (QED) is 0.888. The zero-order valence-electron chi connectivity index (χ0n) is 11.3. The third-order valence-corrected chi connectivity index (χ3v) is 2.97. The number of rotatable bonds is 5. The van der Waals surface area contributed by atoms with Gasteiger partial charge in [0.2, 0.25) is 0 Å². The summed E-state index contributed by atoms with van der Waals surface area (Å²) in [4.78, 5) is 0. The molecule has 0 aromatic heterocycles. The fourth-order valence-corrected chi connectivity index (χ4v) is 1.90. The van der Waals surface area contributed by atoms with E-state index in [9.17, 15) is 0 Å². The number of para-hydroxylation sites is 1. The Bertz CT molecular complexity index is 552. The van der Waals surface area contributed by atoms with E-state index in [1.54, 1.807) is 14.2 Å². The molecule has 0 unspecified atom stereocenters. The number of anilines is 1. The molecular weight excluding hydrogens is 238 g/mol. The maximum absolute atomic E-state index is 5.35. The normalized spacial score (nSPS) is 10.1. The van der Waals surface area contributed by atoms with E-state index >= 15 is 0 Å². The highest BCUT2D eigenvalue weighted by Crippen LogP contribution is 2.25. The molecule has 0 saturated heterocycles. The van der Waals surface area contributed by atoms with Crippen molar-refractivity contribution < 1.29 is 9.47 Å². The number of nitrogens with one attached hydrogen (secondary N) is 1. The molecule has 99 valence electrons. The minimum atomic E-state index is 0.660. The van der Waals surface area contributed by atoms with Crippen LogP contribution < -0.4 is 14.8 Å². The van der Waals surface area contributed by atoms with Crippen molar-refractivity contribution in [3.8, 4) is 11.5 Å². The summed E-state index contributed by atoms with van der Waals surface area (Å²) in [5.41, 5.74) is 3.04. The first-order valence-corrected chi connectivity index (χ1v) is 6.10. The molecule has 3 heteroatoms. The lowest BCUT2D eigenvalue weighted by molar-refractivity contribution is 0.399. The van der Waals surface area contributed by atoms with E-state index < -0.39 is 0 Å². The number of benzene rings is 2. The molecule has 1 radical (unpaired) electrons. The van der Waals surface area contributed by atoms with Crippen LogP contribution in [0.4, 0.5) is 5.69 Å². The first-order valence-electron chi connectivity index (χ1n) is 6.10. The molecule has 0 aliphatic carbocycles. The largest absolute Gasteiger partial charge is 0.497 e. The van der Waals surface area contributed by atoms with Gasteiger partial charge in [0.25, 0.3) is 0 Å². The number of hydrogen-bond donors (Lipinski definition) is 1. The van der Waals surface area contributed by atoms with Gasteiger partial charge in [-0.05, 0) is 36.8 Å². The van der Waals surface area contributed by atoms with Gasteiger partial charge in [-0.2, -0.15) is 0 Å². The standard InChI is InChI=1S/C16H18NO2/c1-12-6-4-5-7-15(12)17-11-13-10-14(18-2)8-9-16(13)19-3/h4-10,17H,1,11H2,2-3H3. The summed E-state index contributed by atoms with van der Waals surface area (Å²) in [7, 11) is 3.32. The van der Waals surface area contributed by atoms with Crippen LogP contribution in [0.15, 0.2) is 42.5 Å². The molecule has 0 fully saturated rings. The van der Waals surface area contributed by atoms with Gasteiger partial charge >= 0.3 is 0 Å². The minimum absolute atomic E-state index is 0.660. The second-order valence-corrected chi connectivity index (χ2v) is 4.19. The van der Waals surface area contributed by atoms with Crippen molar-refractivity contribution in [1.82, 2.24) is 0 Å². The summed E-state index contributed by atoms with van der Waals surface area (Å²) in [5, 5.41) is 3.36. The fourth-order valence-electron chi connectivity index (χ4n) is 1.90. The molecule has 0 spiro atoms. The van der Waals surface area contributed by atoms with E-state index in [-0.39, 0.29) is 0 Å². The van der Waals surface area contributed by atoms with Gasteiger partial charge < -0.3 is 14.8 Å². The predicted octanol–water partition coefficient (Wildman–Crippen LogP) is 3.50. The monoisotopic (exact) mass is 256 g/mol. The van der Waals surface area contributed by atoms with Crippen molar-refractivity contribution in [3.63, 3.8) is 0 Å². The highest BCUT2D eigenvalue weighted by molar-refractivity contribution is 5.53. The second kappa shape index (κ2) is 6.14. The van der Waals surface area contributed by atoms with Crippen molar-refractivity contribution in [2.24, 2.45) is 0 Å². The van der Waals surface area contributed by atoms with Gasteiger partial charge in [0.1, 0.15) is 11.5 Å². The Balaban J connectivity index is 2.16. The van der Waals surface area contributed by atoms with Crippen LogP contribution in [-0.4, -0.2) is 14.2 Å². The summed E-state index contributed by atoms with van der Waals surface area (Å²) in [5.74, 6) is 1.66. The van der Waals surface area contributed by atoms with Crippen LogP contribution in [0.3, 0.4) is 0 Å². The van der Waals surface area contributed by atoms with Crippen LogP contribution in [-0.2, 0) is 6.54 Å². The summed E-state index contributed by atoms with van der Waals surface area (Å²) in [6.45, 7) is 4.65. The van der Waals surface area contributed by atoms with Gasteiger partial charge in [0, 0.05) is 17.8 Å². The molecular formula is C16H18NO2. The Hall–Kier alpha value is -2.16. The highest BCUT2D eigenvalue weighted by Gasteiger charge is 2.05. The average Bonchev–Trinajstić information content (AvgIpc) is 2.46. The van der Waals surface area contributed by atoms with E-state index in [1.807, 2.05) is 42.5 Å². The summed E-state index contributed by atoms with van der Waals surface area (Å²) < 4.78 is 10.6. The van der Waals surface area contributed by atoms with Crippen molar-refractivity contribution in [2.45, 2.75) is 6.54 Å². The maximum Gasteiger partial charge on any atom is 0.124 e. The third-order valence-electron chi connectivity index (χ3n) is 2.97. The Labute approximate surface area is 114 Å². The van der Waals surface area contributed by atoms with Gasteiger partial charge in [-0.3, -0.25) is 0 Å². The van der Waals surface area contributed by atoms with Gasteiger partial charge in [-0.25, -0.2) is 0 Å². The van der Waals surface area contributed by atoms with Gasteiger partial charge in [0.15, 0.2) is 0 Å². The van der Waals surface area contributed by atoms with Crippen LogP contribution in [0.5, 0.6) is 11.5 Å². The van der Waals surface area contributed by atoms with Crippen molar-refractivity contribution in [2.75, 3.05) is 19.5 Å². The molecule has 3 nitrogen and oxygen atoms in total. The SMILES string of the molecule is [CH2]c1ccccc1NCc1cc(OC)ccc1OC. The highest BCUT2D eigenvalue weighted by atomic mass is 16.5. The molecule has 0 heterocycles. The molecule has 2 aromatic carbocycles. The lowest BCUT2D eigenvalue weighted by Gasteiger charge is -2.13. The number of ether oxygens (including phenoxy) is 2. The Kier molecular flexibility index (Phi) is 4.29.